The summed E-state index contributed by atoms with van der Waals surface area (Å²) < 4.78 is 2.66. The number of hydrogen-bond donors (Lipinski definition) is 1. The van der Waals surface area contributed by atoms with Crippen LogP contribution in [0.4, 0.5) is 10.5 Å². The van der Waals surface area contributed by atoms with Gasteiger partial charge in [-0.25, -0.2) is 9.59 Å². The average molecular weight is 518 g/mol. The number of nitrogens with zero attached hydrogens (tertiary/aromatic N) is 4. The van der Waals surface area contributed by atoms with E-state index in [4.69, 9.17) is 0 Å². The van der Waals surface area contributed by atoms with E-state index in [1.165, 1.54) is 10.8 Å². The first-order valence-electron chi connectivity index (χ1n) is 11.2. The maximum Gasteiger partial charge on any atom is 0.331 e. The Balaban J connectivity index is 1.40. The van der Waals surface area contributed by atoms with E-state index in [1.807, 2.05) is 29.2 Å². The van der Waals surface area contributed by atoms with Crippen LogP contribution in [-0.4, -0.2) is 56.5 Å². The zero-order valence-electron chi connectivity index (χ0n) is 18.8. The number of carbonyl (C=O) groups excluding carboxylic acids is 2. The predicted octanol–water partition coefficient (Wildman–Crippen LogP) is 2.43. The first kappa shape index (κ1) is 23.3. The van der Waals surface area contributed by atoms with Crippen molar-refractivity contribution in [3.63, 3.8) is 0 Å². The highest BCUT2D eigenvalue weighted by Crippen LogP contribution is 2.24. The Bertz CT molecular complexity index is 1180. The van der Waals surface area contributed by atoms with Gasteiger partial charge in [-0.15, -0.1) is 0 Å². The lowest BCUT2D eigenvalue weighted by Crippen LogP contribution is -2.51. The molecule has 4 rings (SSSR count). The summed E-state index contributed by atoms with van der Waals surface area (Å²) in [6, 6.07) is 7.48. The van der Waals surface area contributed by atoms with Crippen LogP contribution < -0.4 is 16.6 Å². The van der Waals surface area contributed by atoms with E-state index in [0.29, 0.717) is 32.5 Å². The molecule has 0 bridgehead atoms. The smallest absolute Gasteiger partial charge is 0.331 e. The van der Waals surface area contributed by atoms with Crippen LogP contribution in [0.1, 0.15) is 38.3 Å². The molecule has 3 heterocycles. The lowest BCUT2D eigenvalue weighted by atomic mass is 10.0. The molecule has 1 aromatic carbocycles. The number of rotatable bonds is 4. The van der Waals surface area contributed by atoms with E-state index in [0.717, 1.165) is 22.2 Å². The number of para-hydroxylation sites is 1. The van der Waals surface area contributed by atoms with Crippen molar-refractivity contribution in [3.05, 3.63) is 61.3 Å². The van der Waals surface area contributed by atoms with Crippen LogP contribution in [-0.2, 0) is 17.8 Å². The van der Waals surface area contributed by atoms with Gasteiger partial charge in [0.05, 0.1) is 4.47 Å². The maximum absolute atomic E-state index is 12.9. The second kappa shape index (κ2) is 9.54. The highest BCUT2D eigenvalue weighted by atomic mass is 79.9. The molecule has 3 amide bonds. The molecule has 10 heteroatoms. The monoisotopic (exact) mass is 517 g/mol. The summed E-state index contributed by atoms with van der Waals surface area (Å²) in [5.74, 6) is -0.177. The summed E-state index contributed by atoms with van der Waals surface area (Å²) in [4.78, 5) is 54.3. The fraction of sp³-hybridized carbons (Fsp3) is 0.478. The molecule has 0 unspecified atom stereocenters. The van der Waals surface area contributed by atoms with Gasteiger partial charge in [0, 0.05) is 43.6 Å². The average Bonchev–Trinajstić information content (AvgIpc) is 2.95. The summed E-state index contributed by atoms with van der Waals surface area (Å²) in [6.45, 7) is 5.05. The molecule has 1 N–H and O–H groups in total. The summed E-state index contributed by atoms with van der Waals surface area (Å²) in [5.41, 5.74) is 1.08. The standard InChI is InChI=1S/C23H28BrN5O4/c1-15(2)29-21(31)18(24)13-27(23(29)33)14-20(30)26-10-8-17(9-11-26)28-12-7-16-5-3-4-6-19(16)25-22(28)32/h3-6,13,15,17H,7-12,14H2,1-2H3,(H,25,32). The molecule has 2 aliphatic rings. The molecule has 0 atom stereocenters. The Morgan fingerprint density at radius 3 is 2.52 bits per heavy atom. The number of likely N-dealkylation sites (tertiary alicyclic amines) is 1. The van der Waals surface area contributed by atoms with Crippen molar-refractivity contribution in [1.82, 2.24) is 18.9 Å². The summed E-state index contributed by atoms with van der Waals surface area (Å²) >= 11 is 3.20. The molecule has 33 heavy (non-hydrogen) atoms. The number of nitrogens with one attached hydrogen (secondary N) is 1. The summed E-state index contributed by atoms with van der Waals surface area (Å²) in [6.07, 6.45) is 3.53. The lowest BCUT2D eigenvalue weighted by molar-refractivity contribution is -0.133. The zero-order valence-corrected chi connectivity index (χ0v) is 20.4. The number of hydrogen-bond acceptors (Lipinski definition) is 4. The van der Waals surface area contributed by atoms with Crippen LogP contribution in [0, 0.1) is 0 Å². The van der Waals surface area contributed by atoms with Gasteiger partial charge in [0.2, 0.25) is 5.91 Å². The maximum atomic E-state index is 12.9. The highest BCUT2D eigenvalue weighted by Gasteiger charge is 2.31. The van der Waals surface area contributed by atoms with Gasteiger partial charge in [-0.1, -0.05) is 18.2 Å². The minimum atomic E-state index is -0.498. The molecule has 9 nitrogen and oxygen atoms in total. The van der Waals surface area contributed by atoms with E-state index < -0.39 is 11.2 Å². The van der Waals surface area contributed by atoms with E-state index >= 15 is 0 Å². The van der Waals surface area contributed by atoms with E-state index in [-0.39, 0.29) is 35.0 Å². The van der Waals surface area contributed by atoms with Crippen LogP contribution in [0.2, 0.25) is 0 Å². The van der Waals surface area contributed by atoms with Gasteiger partial charge < -0.3 is 15.1 Å². The van der Waals surface area contributed by atoms with Gasteiger partial charge in [0.25, 0.3) is 5.56 Å². The highest BCUT2D eigenvalue weighted by molar-refractivity contribution is 9.10. The molecule has 0 aliphatic carbocycles. The van der Waals surface area contributed by atoms with Gasteiger partial charge in [-0.2, -0.15) is 0 Å². The number of aromatic nitrogens is 2. The van der Waals surface area contributed by atoms with Crippen LogP contribution in [0.5, 0.6) is 0 Å². The minimum Gasteiger partial charge on any atom is -0.341 e. The molecule has 2 aromatic rings. The number of anilines is 1. The van der Waals surface area contributed by atoms with Crippen LogP contribution in [0.3, 0.4) is 0 Å². The first-order valence-corrected chi connectivity index (χ1v) is 12.0. The third-order valence-electron chi connectivity index (χ3n) is 6.37. The molecule has 176 valence electrons. The zero-order chi connectivity index (χ0) is 23.7. The van der Waals surface area contributed by atoms with Gasteiger partial charge >= 0.3 is 11.7 Å². The van der Waals surface area contributed by atoms with Crippen molar-refractivity contribution in [2.75, 3.05) is 25.0 Å². The van der Waals surface area contributed by atoms with Gasteiger partial charge in [-0.05, 0) is 60.7 Å². The summed E-state index contributed by atoms with van der Waals surface area (Å²) in [7, 11) is 0. The number of amides is 3. The Hall–Kier alpha value is -2.88. The van der Waals surface area contributed by atoms with Crippen LogP contribution in [0.15, 0.2) is 44.5 Å². The Kier molecular flexibility index (Phi) is 6.73. The van der Waals surface area contributed by atoms with E-state index in [9.17, 15) is 19.2 Å². The van der Waals surface area contributed by atoms with Crippen molar-refractivity contribution >= 4 is 33.6 Å². The Labute approximate surface area is 200 Å². The summed E-state index contributed by atoms with van der Waals surface area (Å²) in [5, 5.41) is 3.00. The molecule has 2 aliphatic heterocycles. The second-order valence-corrected chi connectivity index (χ2v) is 9.65. The number of fused-ring (bicyclic) bond motifs is 1. The molecule has 1 fully saturated rings. The molecular weight excluding hydrogens is 490 g/mol. The molecule has 0 saturated carbocycles. The van der Waals surface area contributed by atoms with Crippen LogP contribution in [0.25, 0.3) is 0 Å². The van der Waals surface area contributed by atoms with Gasteiger partial charge in [0.1, 0.15) is 6.54 Å². The van der Waals surface area contributed by atoms with Crippen molar-refractivity contribution in [2.24, 2.45) is 0 Å². The minimum absolute atomic E-state index is 0.0584. The van der Waals surface area contributed by atoms with Crippen molar-refractivity contribution in [3.8, 4) is 0 Å². The van der Waals surface area contributed by atoms with Gasteiger partial charge in [0.15, 0.2) is 0 Å². The number of urea groups is 1. The predicted molar refractivity (Wildman–Crippen MR) is 129 cm³/mol. The SMILES string of the molecule is CC(C)n1c(=O)c(Br)cn(CC(=O)N2CCC(N3CCc4ccccc4NC3=O)CC2)c1=O. The first-order chi connectivity index (χ1) is 15.8. The molecule has 0 spiro atoms. The number of benzene rings is 1. The Morgan fingerprint density at radius 1 is 1.12 bits per heavy atom. The molecule has 1 saturated heterocycles. The lowest BCUT2D eigenvalue weighted by Gasteiger charge is -2.38. The quantitative estimate of drug-likeness (QED) is 0.673. The third-order valence-corrected chi connectivity index (χ3v) is 6.91. The largest absolute Gasteiger partial charge is 0.341 e. The van der Waals surface area contributed by atoms with Gasteiger partial charge in [-0.3, -0.25) is 18.7 Å². The second-order valence-electron chi connectivity index (χ2n) is 8.80. The number of carbonyl (C=O) groups is 2. The number of halogens is 1. The topological polar surface area (TPSA) is 96.7 Å². The number of piperidine rings is 1. The molecule has 1 aromatic heterocycles. The van der Waals surface area contributed by atoms with Crippen molar-refractivity contribution in [1.29, 1.82) is 0 Å². The Morgan fingerprint density at radius 2 is 1.82 bits per heavy atom. The molecular formula is C23H28BrN5O4. The fourth-order valence-corrected chi connectivity index (χ4v) is 5.01. The van der Waals surface area contributed by atoms with Crippen molar-refractivity contribution in [2.45, 2.75) is 51.7 Å². The third kappa shape index (κ3) is 4.75. The fourth-order valence-electron chi connectivity index (χ4n) is 4.57. The van der Waals surface area contributed by atoms with Crippen molar-refractivity contribution < 1.29 is 9.59 Å². The molecule has 0 radical (unpaired) electrons. The van der Waals surface area contributed by atoms with E-state index in [1.54, 1.807) is 18.7 Å². The normalized spacial score (nSPS) is 17.0. The van der Waals surface area contributed by atoms with E-state index in [2.05, 4.69) is 21.2 Å². The van der Waals surface area contributed by atoms with Crippen LogP contribution >= 0.6 is 15.9 Å².